The van der Waals surface area contributed by atoms with E-state index in [1.165, 1.54) is 24.3 Å². The van der Waals surface area contributed by atoms with Crippen LogP contribution in [-0.2, 0) is 14.8 Å². The summed E-state index contributed by atoms with van der Waals surface area (Å²) >= 11 is 0. The van der Waals surface area contributed by atoms with E-state index in [0.29, 0.717) is 13.0 Å². The third kappa shape index (κ3) is 3.30. The van der Waals surface area contributed by atoms with Crippen LogP contribution in [0.1, 0.15) is 12.0 Å². The second-order valence-electron chi connectivity index (χ2n) is 4.49. The molecule has 0 spiro atoms. The Labute approximate surface area is 111 Å². The van der Waals surface area contributed by atoms with Crippen molar-refractivity contribution in [3.63, 3.8) is 0 Å². The van der Waals surface area contributed by atoms with E-state index in [9.17, 15) is 13.5 Å². The third-order valence-corrected chi connectivity index (χ3v) is 4.35. The van der Waals surface area contributed by atoms with E-state index in [2.05, 4.69) is 4.72 Å². The van der Waals surface area contributed by atoms with Gasteiger partial charge in [-0.05, 0) is 18.2 Å². The molecular weight excluding hydrogens is 268 g/mol. The highest BCUT2D eigenvalue weighted by Crippen LogP contribution is 2.18. The van der Waals surface area contributed by atoms with Gasteiger partial charge in [-0.3, -0.25) is 0 Å². The van der Waals surface area contributed by atoms with E-state index in [4.69, 9.17) is 10.00 Å². The molecule has 1 aromatic rings. The van der Waals surface area contributed by atoms with E-state index in [-0.39, 0.29) is 23.6 Å². The lowest BCUT2D eigenvalue weighted by atomic mass is 10.1. The molecule has 6 nitrogen and oxygen atoms in total. The minimum atomic E-state index is -3.74. The zero-order chi connectivity index (χ0) is 13.9. The number of hydrogen-bond donors (Lipinski definition) is 2. The van der Waals surface area contributed by atoms with Gasteiger partial charge in [0.15, 0.2) is 0 Å². The predicted molar refractivity (Wildman–Crippen MR) is 66.7 cm³/mol. The number of rotatable bonds is 4. The molecule has 0 bridgehead atoms. The summed E-state index contributed by atoms with van der Waals surface area (Å²) in [5, 5.41) is 18.7. The number of aliphatic hydroxyl groups is 1. The van der Waals surface area contributed by atoms with Crippen LogP contribution in [0.25, 0.3) is 0 Å². The fraction of sp³-hybridized carbons (Fsp3) is 0.417. The summed E-state index contributed by atoms with van der Waals surface area (Å²) < 4.78 is 31.4. The largest absolute Gasteiger partial charge is 0.386 e. The molecule has 1 saturated heterocycles. The van der Waals surface area contributed by atoms with E-state index in [0.717, 1.165) is 0 Å². The number of sulfonamides is 1. The highest BCUT2D eigenvalue weighted by molar-refractivity contribution is 7.89. The van der Waals surface area contributed by atoms with Crippen LogP contribution in [0.5, 0.6) is 0 Å². The number of hydrogen-bond acceptors (Lipinski definition) is 5. The van der Waals surface area contributed by atoms with Crippen molar-refractivity contribution in [1.29, 1.82) is 5.26 Å². The van der Waals surface area contributed by atoms with Gasteiger partial charge in [-0.1, -0.05) is 6.07 Å². The first-order valence-corrected chi connectivity index (χ1v) is 7.23. The highest BCUT2D eigenvalue weighted by atomic mass is 32.2. The summed E-state index contributed by atoms with van der Waals surface area (Å²) in [6.45, 7) is 0.433. The van der Waals surface area contributed by atoms with Gasteiger partial charge in [-0.15, -0.1) is 0 Å². The zero-order valence-electron chi connectivity index (χ0n) is 10.2. The Bertz CT molecular complexity index is 600. The monoisotopic (exact) mass is 282 g/mol. The highest BCUT2D eigenvalue weighted by Gasteiger charge is 2.33. The summed E-state index contributed by atoms with van der Waals surface area (Å²) in [7, 11) is -3.74. The number of nitriles is 1. The Kier molecular flexibility index (Phi) is 3.87. The van der Waals surface area contributed by atoms with E-state index in [1.807, 2.05) is 6.07 Å². The van der Waals surface area contributed by atoms with Gasteiger partial charge in [-0.2, -0.15) is 5.26 Å². The van der Waals surface area contributed by atoms with Crippen molar-refractivity contribution >= 4 is 10.0 Å². The van der Waals surface area contributed by atoms with Gasteiger partial charge >= 0.3 is 0 Å². The average molecular weight is 282 g/mol. The molecule has 102 valence electrons. The van der Waals surface area contributed by atoms with Gasteiger partial charge in [0, 0.05) is 19.6 Å². The molecule has 0 aromatic heterocycles. The van der Waals surface area contributed by atoms with Gasteiger partial charge < -0.3 is 9.84 Å². The van der Waals surface area contributed by atoms with Crippen molar-refractivity contribution in [3.05, 3.63) is 29.8 Å². The van der Waals surface area contributed by atoms with Crippen LogP contribution in [0.4, 0.5) is 0 Å². The molecule has 0 radical (unpaired) electrons. The van der Waals surface area contributed by atoms with Crippen LogP contribution in [0.15, 0.2) is 29.2 Å². The second-order valence-corrected chi connectivity index (χ2v) is 6.26. The first-order valence-electron chi connectivity index (χ1n) is 5.75. The Hall–Kier alpha value is -1.46. The van der Waals surface area contributed by atoms with Gasteiger partial charge in [0.1, 0.15) is 5.60 Å². The second kappa shape index (κ2) is 5.27. The summed E-state index contributed by atoms with van der Waals surface area (Å²) in [4.78, 5) is 0.00839. The number of ether oxygens (including phenoxy) is 1. The number of benzene rings is 1. The molecule has 1 atom stereocenters. The molecule has 0 saturated carbocycles. The molecule has 2 N–H and O–H groups in total. The Balaban J connectivity index is 2.12. The van der Waals surface area contributed by atoms with Gasteiger partial charge in [-0.25, -0.2) is 13.1 Å². The molecule has 0 aliphatic carbocycles. The first-order chi connectivity index (χ1) is 8.95. The summed E-state index contributed by atoms with van der Waals surface area (Å²) in [5.41, 5.74) is -0.884. The third-order valence-electron chi connectivity index (χ3n) is 2.95. The van der Waals surface area contributed by atoms with Crippen LogP contribution in [0.2, 0.25) is 0 Å². The van der Waals surface area contributed by atoms with Crippen molar-refractivity contribution in [2.75, 3.05) is 19.8 Å². The van der Waals surface area contributed by atoms with Crippen LogP contribution < -0.4 is 4.72 Å². The predicted octanol–water partition coefficient (Wildman–Crippen LogP) is -0.0120. The SMILES string of the molecule is N#Cc1cccc(S(=O)(=O)NCC2(O)CCOC2)c1. The fourth-order valence-corrected chi connectivity index (χ4v) is 2.95. The summed E-state index contributed by atoms with van der Waals surface area (Å²) in [6.07, 6.45) is 0.397. The first kappa shape index (κ1) is 14.0. The normalized spacial score (nSPS) is 23.2. The summed E-state index contributed by atoms with van der Waals surface area (Å²) in [6, 6.07) is 7.60. The van der Waals surface area contributed by atoms with Crippen molar-refractivity contribution in [2.24, 2.45) is 0 Å². The standard InChI is InChI=1S/C12H14N2O4S/c13-7-10-2-1-3-11(6-10)19(16,17)14-8-12(15)4-5-18-9-12/h1-3,6,14-15H,4-5,8-9H2. The zero-order valence-corrected chi connectivity index (χ0v) is 11.0. The van der Waals surface area contributed by atoms with Crippen LogP contribution >= 0.6 is 0 Å². The van der Waals surface area contributed by atoms with Crippen LogP contribution in [0, 0.1) is 11.3 Å². The average Bonchev–Trinajstić information content (AvgIpc) is 2.84. The van der Waals surface area contributed by atoms with Gasteiger partial charge in [0.25, 0.3) is 0 Å². The topological polar surface area (TPSA) is 99.4 Å². The van der Waals surface area contributed by atoms with Gasteiger partial charge in [0.2, 0.25) is 10.0 Å². The lowest BCUT2D eigenvalue weighted by Gasteiger charge is -2.20. The number of nitrogens with zero attached hydrogens (tertiary/aromatic N) is 1. The maximum absolute atomic E-state index is 12.0. The molecule has 1 aliphatic rings. The Morgan fingerprint density at radius 3 is 2.95 bits per heavy atom. The fourth-order valence-electron chi connectivity index (χ4n) is 1.78. The summed E-state index contributed by atoms with van der Waals surface area (Å²) in [5.74, 6) is 0. The molecule has 7 heteroatoms. The quantitative estimate of drug-likeness (QED) is 0.809. The molecule has 19 heavy (non-hydrogen) atoms. The minimum absolute atomic E-state index is 0.00839. The molecule has 0 amide bonds. The molecule has 1 fully saturated rings. The Morgan fingerprint density at radius 2 is 2.32 bits per heavy atom. The molecular formula is C12H14N2O4S. The van der Waals surface area contributed by atoms with Crippen molar-refractivity contribution in [2.45, 2.75) is 16.9 Å². The van der Waals surface area contributed by atoms with E-state index >= 15 is 0 Å². The maximum Gasteiger partial charge on any atom is 0.240 e. The minimum Gasteiger partial charge on any atom is -0.386 e. The van der Waals surface area contributed by atoms with Crippen LogP contribution in [-0.4, -0.2) is 38.9 Å². The van der Waals surface area contributed by atoms with Crippen molar-refractivity contribution < 1.29 is 18.3 Å². The van der Waals surface area contributed by atoms with E-state index < -0.39 is 15.6 Å². The van der Waals surface area contributed by atoms with Crippen molar-refractivity contribution in [1.82, 2.24) is 4.72 Å². The molecule has 2 rings (SSSR count). The lowest BCUT2D eigenvalue weighted by molar-refractivity contribution is 0.0314. The maximum atomic E-state index is 12.0. The molecule has 1 aliphatic heterocycles. The van der Waals surface area contributed by atoms with Crippen molar-refractivity contribution in [3.8, 4) is 6.07 Å². The molecule has 1 unspecified atom stereocenters. The molecule has 1 aromatic carbocycles. The van der Waals surface area contributed by atoms with Gasteiger partial charge in [0.05, 0.1) is 23.1 Å². The lowest BCUT2D eigenvalue weighted by Crippen LogP contribution is -2.43. The Morgan fingerprint density at radius 1 is 1.53 bits per heavy atom. The molecule has 1 heterocycles. The van der Waals surface area contributed by atoms with E-state index in [1.54, 1.807) is 0 Å². The smallest absolute Gasteiger partial charge is 0.240 e. The number of nitrogens with one attached hydrogen (secondary N) is 1. The van der Waals surface area contributed by atoms with Crippen LogP contribution in [0.3, 0.4) is 0 Å².